The van der Waals surface area contributed by atoms with Gasteiger partial charge in [0.1, 0.15) is 17.4 Å². The summed E-state index contributed by atoms with van der Waals surface area (Å²) >= 11 is 0. The Bertz CT molecular complexity index is 2710. The molecule has 0 bridgehead atoms. The highest BCUT2D eigenvalue weighted by molar-refractivity contribution is 5.94. The standard InChI is InChI=1S/C30H40FN7O2.C26H26FNO.2H2/c1-20(12-14-38-13-6-7-23(19-38)15-22-8-10-26(31)11-9-22)32-29(40)33-27-17-24(28-34-35-36-37(28)5)16-25(18-27)30(3,4)21(2)39;27-25-10-9-23-16-22(6-8-24(23)18-25)19-28-14-12-21(13-15-28)17-26(29)11-7-20-4-2-1-3-5-20;;/h8-11,16-18,20,23H,6-7,12-15,19H2,1-5H3,(H2,32,33,40);1-11,16,18,21H,12-15,17,19H2;2*1H/b;11-7+;;/t20-,23+;;;/m1.../s1. The van der Waals surface area contributed by atoms with E-state index < -0.39 is 5.41 Å². The summed E-state index contributed by atoms with van der Waals surface area (Å²) in [6.45, 7) is 13.2. The number of piperidine rings is 2. The molecule has 8 rings (SSSR count). The molecule has 6 aromatic rings. The summed E-state index contributed by atoms with van der Waals surface area (Å²) in [5, 5.41) is 19.7. The Kier molecular flexibility index (Phi) is 17.3. The van der Waals surface area contributed by atoms with Crippen molar-refractivity contribution in [2.45, 2.75) is 90.6 Å². The van der Waals surface area contributed by atoms with E-state index in [0.717, 1.165) is 93.3 Å². The summed E-state index contributed by atoms with van der Waals surface area (Å²) in [7, 11) is 1.74. The number of anilines is 1. The second-order valence-corrected chi connectivity index (χ2v) is 19.5. The van der Waals surface area contributed by atoms with Crippen molar-refractivity contribution in [1.29, 1.82) is 0 Å². The van der Waals surface area contributed by atoms with Gasteiger partial charge in [0.25, 0.3) is 0 Å². The Morgan fingerprint density at radius 3 is 2.26 bits per heavy atom. The van der Waals surface area contributed by atoms with Gasteiger partial charge < -0.3 is 15.5 Å². The highest BCUT2D eigenvalue weighted by Crippen LogP contribution is 2.32. The molecule has 11 nitrogen and oxygen atoms in total. The van der Waals surface area contributed by atoms with Gasteiger partial charge in [0.05, 0.1) is 0 Å². The molecule has 2 atom stereocenters. The molecule has 5 aromatic carbocycles. The first-order chi connectivity index (χ1) is 33.2. The van der Waals surface area contributed by atoms with Crippen LogP contribution >= 0.6 is 0 Å². The molecule has 0 radical (unpaired) electrons. The zero-order chi connectivity index (χ0) is 48.9. The van der Waals surface area contributed by atoms with Crippen molar-refractivity contribution in [3.05, 3.63) is 149 Å². The van der Waals surface area contributed by atoms with Gasteiger partial charge in [0, 0.05) is 58.7 Å². The fraction of sp³-hybridized carbons (Fsp3) is 0.393. The average Bonchev–Trinajstić information content (AvgIpc) is 3.77. The number of amides is 2. The number of aromatic nitrogens is 4. The van der Waals surface area contributed by atoms with E-state index in [9.17, 15) is 23.2 Å². The van der Waals surface area contributed by atoms with Crippen LogP contribution in [0.15, 0.2) is 115 Å². The predicted molar refractivity (Wildman–Crippen MR) is 275 cm³/mol. The number of rotatable bonds is 16. The molecule has 2 fully saturated rings. The van der Waals surface area contributed by atoms with E-state index in [0.29, 0.717) is 35.3 Å². The maximum Gasteiger partial charge on any atom is 0.319 e. The summed E-state index contributed by atoms with van der Waals surface area (Å²) in [4.78, 5) is 42.5. The van der Waals surface area contributed by atoms with E-state index in [4.69, 9.17) is 0 Å². The summed E-state index contributed by atoms with van der Waals surface area (Å²) in [5.74, 6) is 1.40. The first-order valence-corrected chi connectivity index (χ1v) is 24.3. The van der Waals surface area contributed by atoms with Crippen molar-refractivity contribution >= 4 is 40.1 Å². The maximum absolute atomic E-state index is 13.3. The third-order valence-corrected chi connectivity index (χ3v) is 13.7. The molecule has 3 heterocycles. The molecule has 2 amide bonds. The van der Waals surface area contributed by atoms with Crippen LogP contribution in [-0.4, -0.2) is 86.4 Å². The topological polar surface area (TPSA) is 125 Å². The largest absolute Gasteiger partial charge is 0.335 e. The molecule has 0 unspecified atom stereocenters. The van der Waals surface area contributed by atoms with Gasteiger partial charge in [0.15, 0.2) is 11.6 Å². The number of tetrazole rings is 1. The molecular formula is C56H70F2N8O3. The SMILES string of the molecule is CC(=O)C(C)(C)c1cc(NC(=O)N[C@H](C)CCN2CCC[C@@H](Cc3ccc(F)cc3)C2)cc(-c2nnnn2C)c1.O=C(/C=C/c1ccccc1)CC1CCN(Cc2ccc3cc(F)ccc3c2)CC1.[HH].[HH]. The lowest BCUT2D eigenvalue weighted by molar-refractivity contribution is -0.121. The van der Waals surface area contributed by atoms with Crippen LogP contribution in [0.1, 0.15) is 91.3 Å². The van der Waals surface area contributed by atoms with E-state index in [-0.39, 0.29) is 38.1 Å². The summed E-state index contributed by atoms with van der Waals surface area (Å²) in [5.41, 5.74) is 4.79. The Labute approximate surface area is 408 Å². The number of allylic oxidation sites excluding steroid dienone is 1. The quantitative estimate of drug-likeness (QED) is 0.0919. The van der Waals surface area contributed by atoms with Gasteiger partial charge in [-0.3, -0.25) is 14.5 Å². The lowest BCUT2D eigenvalue weighted by Crippen LogP contribution is -2.41. The minimum Gasteiger partial charge on any atom is -0.335 e. The van der Waals surface area contributed by atoms with Gasteiger partial charge in [-0.05, 0) is 196 Å². The summed E-state index contributed by atoms with van der Waals surface area (Å²) in [6, 6.07) is 33.1. The third kappa shape index (κ3) is 14.8. The number of hydrogen-bond acceptors (Lipinski definition) is 8. The number of benzene rings is 5. The molecule has 0 spiro atoms. The van der Waals surface area contributed by atoms with Crippen molar-refractivity contribution < 1.29 is 26.0 Å². The fourth-order valence-corrected chi connectivity index (χ4v) is 9.26. The van der Waals surface area contributed by atoms with Gasteiger partial charge in [0.2, 0.25) is 0 Å². The normalized spacial score (nSPS) is 16.5. The van der Waals surface area contributed by atoms with Crippen LogP contribution in [0.5, 0.6) is 0 Å². The molecule has 69 heavy (non-hydrogen) atoms. The van der Waals surface area contributed by atoms with E-state index in [1.165, 1.54) is 35.7 Å². The number of halogens is 2. The van der Waals surface area contributed by atoms with Crippen molar-refractivity contribution in [1.82, 2.24) is 35.3 Å². The molecule has 0 aliphatic carbocycles. The summed E-state index contributed by atoms with van der Waals surface area (Å²) in [6.07, 6.45) is 10.5. The van der Waals surface area contributed by atoms with Crippen molar-refractivity contribution in [3.63, 3.8) is 0 Å². The maximum atomic E-state index is 13.3. The molecule has 366 valence electrons. The zero-order valence-corrected chi connectivity index (χ0v) is 40.6. The van der Waals surface area contributed by atoms with Gasteiger partial charge in [-0.1, -0.05) is 66.7 Å². The molecule has 13 heteroatoms. The second kappa shape index (κ2) is 23.7. The second-order valence-electron chi connectivity index (χ2n) is 19.5. The number of carbonyl (C=O) groups excluding carboxylic acids is 3. The van der Waals surface area contributed by atoms with Crippen LogP contribution in [0.4, 0.5) is 19.3 Å². The number of fused-ring (bicyclic) bond motifs is 1. The smallest absolute Gasteiger partial charge is 0.319 e. The van der Waals surface area contributed by atoms with Crippen molar-refractivity contribution in [3.8, 4) is 11.4 Å². The number of ketones is 2. The highest BCUT2D eigenvalue weighted by atomic mass is 19.1. The van der Waals surface area contributed by atoms with Gasteiger partial charge in [-0.15, -0.1) is 5.10 Å². The molecule has 2 N–H and O–H groups in total. The monoisotopic (exact) mass is 941 g/mol. The molecular weight excluding hydrogens is 871 g/mol. The van der Waals surface area contributed by atoms with Crippen LogP contribution in [-0.2, 0) is 35.0 Å². The number of urea groups is 1. The predicted octanol–water partition coefficient (Wildman–Crippen LogP) is 11.1. The molecule has 0 saturated carbocycles. The molecule has 1 aromatic heterocycles. The molecule has 2 saturated heterocycles. The minimum absolute atomic E-state index is 0. The molecule has 2 aliphatic heterocycles. The lowest BCUT2D eigenvalue weighted by atomic mass is 9.80. The van der Waals surface area contributed by atoms with Gasteiger partial charge in [-0.25, -0.2) is 18.3 Å². The lowest BCUT2D eigenvalue weighted by Gasteiger charge is -2.33. The van der Waals surface area contributed by atoms with Crippen LogP contribution in [0.25, 0.3) is 28.2 Å². The first kappa shape index (κ1) is 50.4. The van der Waals surface area contributed by atoms with Crippen molar-refractivity contribution in [2.24, 2.45) is 18.9 Å². The van der Waals surface area contributed by atoms with Gasteiger partial charge >= 0.3 is 6.03 Å². The number of Topliss-reactive ketones (excluding diaryl/α,β-unsaturated/α-hetero) is 1. The number of nitrogens with zero attached hydrogens (tertiary/aromatic N) is 6. The Morgan fingerprint density at radius 1 is 0.826 bits per heavy atom. The molecule has 2 aliphatic rings. The van der Waals surface area contributed by atoms with Crippen molar-refractivity contribution in [2.75, 3.05) is 38.0 Å². The van der Waals surface area contributed by atoms with Crippen LogP contribution in [0, 0.1) is 23.5 Å². The third-order valence-electron chi connectivity index (χ3n) is 13.7. The van der Waals surface area contributed by atoms with Crippen LogP contribution in [0.3, 0.4) is 0 Å². The van der Waals surface area contributed by atoms with E-state index >= 15 is 0 Å². The Morgan fingerprint density at radius 2 is 1.54 bits per heavy atom. The average molecular weight is 941 g/mol. The minimum atomic E-state index is -0.745. The van der Waals surface area contributed by atoms with Crippen LogP contribution in [0.2, 0.25) is 0 Å². The summed E-state index contributed by atoms with van der Waals surface area (Å²) < 4.78 is 28.1. The number of aryl methyl sites for hydroxylation is 1. The number of nitrogens with one attached hydrogen (secondary N) is 2. The number of carbonyl (C=O) groups is 3. The van der Waals surface area contributed by atoms with E-state index in [2.05, 4.69) is 48.1 Å². The zero-order valence-electron chi connectivity index (χ0n) is 40.6. The number of likely N-dealkylation sites (tertiary alicyclic amines) is 2. The Balaban J connectivity index is 0.000000269. The highest BCUT2D eigenvalue weighted by Gasteiger charge is 2.28. The van der Waals surface area contributed by atoms with Crippen LogP contribution < -0.4 is 10.6 Å². The number of hydrogen-bond donors (Lipinski definition) is 2. The Hall–Kier alpha value is -6.44. The van der Waals surface area contributed by atoms with E-state index in [1.54, 1.807) is 30.8 Å². The fourth-order valence-electron chi connectivity index (χ4n) is 9.26. The first-order valence-electron chi connectivity index (χ1n) is 24.3. The van der Waals surface area contributed by atoms with E-state index in [1.807, 2.05) is 99.6 Å². The van der Waals surface area contributed by atoms with Gasteiger partial charge in [-0.2, -0.15) is 0 Å².